The predicted molar refractivity (Wildman–Crippen MR) is 76.7 cm³/mol. The van der Waals surface area contributed by atoms with E-state index in [9.17, 15) is 9.59 Å². The zero-order chi connectivity index (χ0) is 14.8. The fourth-order valence-electron chi connectivity index (χ4n) is 2.08. The third-order valence-electron chi connectivity index (χ3n) is 3.33. The summed E-state index contributed by atoms with van der Waals surface area (Å²) < 4.78 is 5.52. The summed E-state index contributed by atoms with van der Waals surface area (Å²) in [7, 11) is 0. The van der Waals surface area contributed by atoms with Crippen LogP contribution in [-0.2, 0) is 4.74 Å². The first kappa shape index (κ1) is 14.7. The highest BCUT2D eigenvalue weighted by Gasteiger charge is 2.34. The minimum absolute atomic E-state index is 0.218. The average Bonchev–Trinajstić information content (AvgIpc) is 2.62. The maximum absolute atomic E-state index is 12.1. The molecule has 0 saturated heterocycles. The van der Waals surface area contributed by atoms with Gasteiger partial charge in [-0.05, 0) is 24.0 Å². The number of imide groups is 1. The molecule has 0 radical (unpaired) electrons. The monoisotopic (exact) mass is 275 g/mol. The molecule has 4 nitrogen and oxygen atoms in total. The molecule has 0 spiro atoms. The molecule has 0 N–H and O–H groups in total. The van der Waals surface area contributed by atoms with Gasteiger partial charge in [0.05, 0.1) is 24.3 Å². The molecule has 1 aliphatic rings. The Morgan fingerprint density at radius 1 is 1.00 bits per heavy atom. The Hall–Kier alpha value is -1.68. The zero-order valence-corrected chi connectivity index (χ0v) is 12.3. The second-order valence-corrected chi connectivity index (χ2v) is 6.23. The van der Waals surface area contributed by atoms with Crippen LogP contribution in [0.2, 0.25) is 0 Å². The molecule has 0 unspecified atom stereocenters. The van der Waals surface area contributed by atoms with Crippen molar-refractivity contribution in [3.05, 3.63) is 35.4 Å². The van der Waals surface area contributed by atoms with Crippen molar-refractivity contribution < 1.29 is 14.3 Å². The van der Waals surface area contributed by atoms with Crippen LogP contribution < -0.4 is 0 Å². The second kappa shape index (κ2) is 5.75. The van der Waals surface area contributed by atoms with Crippen molar-refractivity contribution in [1.82, 2.24) is 4.90 Å². The molecule has 1 heterocycles. The number of amides is 2. The summed E-state index contributed by atoms with van der Waals surface area (Å²) in [6, 6.07) is 6.92. The Balaban J connectivity index is 1.84. The van der Waals surface area contributed by atoms with Crippen LogP contribution in [0.15, 0.2) is 24.3 Å². The van der Waals surface area contributed by atoms with E-state index in [0.717, 1.165) is 6.42 Å². The second-order valence-electron chi connectivity index (χ2n) is 6.23. The molecule has 1 aliphatic heterocycles. The quantitative estimate of drug-likeness (QED) is 0.613. The smallest absolute Gasteiger partial charge is 0.261 e. The van der Waals surface area contributed by atoms with Crippen molar-refractivity contribution in [3.63, 3.8) is 0 Å². The average molecular weight is 275 g/mol. The number of carbonyl (C=O) groups excluding carboxylic acids is 2. The maximum Gasteiger partial charge on any atom is 0.261 e. The minimum Gasteiger partial charge on any atom is -0.380 e. The van der Waals surface area contributed by atoms with Gasteiger partial charge >= 0.3 is 0 Å². The highest BCUT2D eigenvalue weighted by molar-refractivity contribution is 6.21. The van der Waals surface area contributed by atoms with E-state index < -0.39 is 0 Å². The van der Waals surface area contributed by atoms with E-state index in [2.05, 4.69) is 20.8 Å². The van der Waals surface area contributed by atoms with Crippen LogP contribution in [0.3, 0.4) is 0 Å². The van der Waals surface area contributed by atoms with E-state index >= 15 is 0 Å². The van der Waals surface area contributed by atoms with Crippen molar-refractivity contribution in [2.45, 2.75) is 27.2 Å². The fraction of sp³-hybridized carbons (Fsp3) is 0.500. The third-order valence-corrected chi connectivity index (χ3v) is 3.33. The minimum atomic E-state index is -0.218. The van der Waals surface area contributed by atoms with Gasteiger partial charge < -0.3 is 4.74 Å². The first-order valence-corrected chi connectivity index (χ1v) is 6.93. The lowest BCUT2D eigenvalue weighted by molar-refractivity contribution is 0.0535. The van der Waals surface area contributed by atoms with Gasteiger partial charge in [-0.3, -0.25) is 14.5 Å². The molecule has 0 atom stereocenters. The predicted octanol–water partition coefficient (Wildman–Crippen LogP) is 2.74. The summed E-state index contributed by atoms with van der Waals surface area (Å²) in [6.45, 7) is 7.81. The van der Waals surface area contributed by atoms with Crippen LogP contribution in [0.1, 0.15) is 47.9 Å². The SMILES string of the molecule is CC(C)(C)CCOCCN1C(=O)c2ccccc2C1=O. The van der Waals surface area contributed by atoms with Crippen LogP contribution in [0.25, 0.3) is 0 Å². The fourth-order valence-corrected chi connectivity index (χ4v) is 2.08. The van der Waals surface area contributed by atoms with Gasteiger partial charge in [-0.2, -0.15) is 0 Å². The van der Waals surface area contributed by atoms with Crippen molar-refractivity contribution in [3.8, 4) is 0 Å². The number of fused-ring (bicyclic) bond motifs is 1. The summed E-state index contributed by atoms with van der Waals surface area (Å²) in [6.07, 6.45) is 0.953. The first-order chi connectivity index (χ1) is 9.40. The molecule has 2 amide bonds. The Kier molecular flexibility index (Phi) is 4.23. The van der Waals surface area contributed by atoms with Gasteiger partial charge in [0.15, 0.2) is 0 Å². The molecule has 0 aliphatic carbocycles. The molecule has 4 heteroatoms. The molecular formula is C16H21NO3. The van der Waals surface area contributed by atoms with Crippen molar-refractivity contribution in [1.29, 1.82) is 0 Å². The summed E-state index contributed by atoms with van der Waals surface area (Å²) in [5, 5.41) is 0. The number of nitrogens with zero attached hydrogens (tertiary/aromatic N) is 1. The van der Waals surface area contributed by atoms with Crippen LogP contribution in [-0.4, -0.2) is 36.5 Å². The molecular weight excluding hydrogens is 254 g/mol. The lowest BCUT2D eigenvalue weighted by atomic mass is 9.93. The highest BCUT2D eigenvalue weighted by Crippen LogP contribution is 2.22. The summed E-state index contributed by atoms with van der Waals surface area (Å²) in [5.41, 5.74) is 1.22. The van der Waals surface area contributed by atoms with E-state index in [4.69, 9.17) is 4.74 Å². The number of hydrogen-bond acceptors (Lipinski definition) is 3. The number of benzene rings is 1. The lowest BCUT2D eigenvalue weighted by Crippen LogP contribution is -2.33. The molecule has 20 heavy (non-hydrogen) atoms. The van der Waals surface area contributed by atoms with Crippen LogP contribution >= 0.6 is 0 Å². The Morgan fingerprint density at radius 3 is 2.05 bits per heavy atom. The van der Waals surface area contributed by atoms with E-state index in [0.29, 0.717) is 30.9 Å². The summed E-state index contributed by atoms with van der Waals surface area (Å²) in [5.74, 6) is -0.435. The van der Waals surface area contributed by atoms with Gasteiger partial charge in [-0.25, -0.2) is 0 Å². The number of carbonyl (C=O) groups is 2. The Labute approximate surface area is 119 Å². The Morgan fingerprint density at radius 2 is 1.55 bits per heavy atom. The van der Waals surface area contributed by atoms with Crippen molar-refractivity contribution >= 4 is 11.8 Å². The molecule has 0 saturated carbocycles. The van der Waals surface area contributed by atoms with Gasteiger partial charge in [-0.15, -0.1) is 0 Å². The van der Waals surface area contributed by atoms with Gasteiger partial charge in [0.1, 0.15) is 0 Å². The van der Waals surface area contributed by atoms with Gasteiger partial charge in [0.2, 0.25) is 0 Å². The number of hydrogen-bond donors (Lipinski definition) is 0. The van der Waals surface area contributed by atoms with Gasteiger partial charge in [-0.1, -0.05) is 32.9 Å². The molecule has 0 bridgehead atoms. The van der Waals surface area contributed by atoms with Gasteiger partial charge in [0.25, 0.3) is 11.8 Å². The van der Waals surface area contributed by atoms with Gasteiger partial charge in [0, 0.05) is 6.61 Å². The number of ether oxygens (including phenoxy) is 1. The molecule has 2 rings (SSSR count). The van der Waals surface area contributed by atoms with Crippen LogP contribution in [0, 0.1) is 5.41 Å². The lowest BCUT2D eigenvalue weighted by Gasteiger charge is -2.18. The summed E-state index contributed by atoms with van der Waals surface area (Å²) in [4.78, 5) is 25.4. The normalized spacial score (nSPS) is 14.8. The van der Waals surface area contributed by atoms with E-state index in [1.54, 1.807) is 24.3 Å². The first-order valence-electron chi connectivity index (χ1n) is 6.93. The third kappa shape index (κ3) is 3.25. The van der Waals surface area contributed by atoms with E-state index in [1.807, 2.05) is 0 Å². The van der Waals surface area contributed by atoms with Crippen molar-refractivity contribution in [2.24, 2.45) is 5.41 Å². The molecule has 1 aromatic rings. The maximum atomic E-state index is 12.1. The van der Waals surface area contributed by atoms with Crippen LogP contribution in [0.5, 0.6) is 0 Å². The largest absolute Gasteiger partial charge is 0.380 e. The van der Waals surface area contributed by atoms with E-state index in [1.165, 1.54) is 4.90 Å². The van der Waals surface area contributed by atoms with Crippen LogP contribution in [0.4, 0.5) is 0 Å². The van der Waals surface area contributed by atoms with Crippen molar-refractivity contribution in [2.75, 3.05) is 19.8 Å². The molecule has 0 fully saturated rings. The zero-order valence-electron chi connectivity index (χ0n) is 12.3. The number of rotatable bonds is 5. The highest BCUT2D eigenvalue weighted by atomic mass is 16.5. The molecule has 0 aromatic heterocycles. The molecule has 108 valence electrons. The standard InChI is InChI=1S/C16H21NO3/c1-16(2,3)8-10-20-11-9-17-14(18)12-6-4-5-7-13(12)15(17)19/h4-7H,8-11H2,1-3H3. The molecule has 1 aromatic carbocycles. The topological polar surface area (TPSA) is 46.6 Å². The summed E-state index contributed by atoms with van der Waals surface area (Å²) >= 11 is 0. The Bertz CT molecular complexity index is 482. The van der Waals surface area contributed by atoms with E-state index in [-0.39, 0.29) is 17.2 Å².